The third kappa shape index (κ3) is 6.41. The molecule has 0 radical (unpaired) electrons. The Morgan fingerprint density at radius 3 is 2.50 bits per heavy atom. The molecule has 0 aliphatic carbocycles. The van der Waals surface area contributed by atoms with Gasteiger partial charge in [0.05, 0.1) is 12.3 Å². The predicted octanol–water partition coefficient (Wildman–Crippen LogP) is 6.88. The molecule has 38 heavy (non-hydrogen) atoms. The van der Waals surface area contributed by atoms with Crippen molar-refractivity contribution in [3.05, 3.63) is 77.0 Å². The second kappa shape index (κ2) is 12.2. The van der Waals surface area contributed by atoms with Crippen molar-refractivity contribution >= 4 is 40.7 Å². The molecule has 0 saturated carbocycles. The standard InChI is InChI=1S/C29H34ClF2N5S/c1-3-20(2)36-18-25(19-36)35-13-11-26(12-14-35)38-37(24-6-4-5-23(30)15-24)17-21-7-9-22(10-8-21)27-16-28(29(31)32)34-33-27/h4-10,15,25-26,29H,2-3,11-14,16-19H2,1H3. The monoisotopic (exact) mass is 557 g/mol. The maximum Gasteiger partial charge on any atom is 0.278 e. The topological polar surface area (TPSA) is 34.4 Å². The van der Waals surface area contributed by atoms with Crippen molar-refractivity contribution in [2.24, 2.45) is 10.2 Å². The van der Waals surface area contributed by atoms with Gasteiger partial charge in [-0.3, -0.25) is 4.90 Å². The summed E-state index contributed by atoms with van der Waals surface area (Å²) in [4.78, 5) is 5.05. The van der Waals surface area contributed by atoms with Crippen LogP contribution >= 0.6 is 23.5 Å². The third-order valence-corrected chi connectivity index (χ3v) is 9.20. The number of nitrogens with zero attached hydrogens (tertiary/aromatic N) is 5. The van der Waals surface area contributed by atoms with Gasteiger partial charge in [-0.1, -0.05) is 55.4 Å². The summed E-state index contributed by atoms with van der Waals surface area (Å²) >= 11 is 8.25. The molecule has 2 aromatic carbocycles. The van der Waals surface area contributed by atoms with Crippen molar-refractivity contribution in [3.63, 3.8) is 0 Å². The average Bonchev–Trinajstić information content (AvgIpc) is 3.40. The minimum Gasteiger partial charge on any atom is -0.372 e. The fourth-order valence-electron chi connectivity index (χ4n) is 5.13. The molecule has 202 valence electrons. The molecule has 0 unspecified atom stereocenters. The summed E-state index contributed by atoms with van der Waals surface area (Å²) in [6.45, 7) is 11.5. The summed E-state index contributed by atoms with van der Waals surface area (Å²) in [7, 11) is 0. The Bertz CT molecular complexity index is 1190. The first kappa shape index (κ1) is 27.2. The Kier molecular flexibility index (Phi) is 8.71. The average molecular weight is 558 g/mol. The highest BCUT2D eigenvalue weighted by atomic mass is 35.5. The minimum atomic E-state index is -2.56. The second-order valence-electron chi connectivity index (χ2n) is 10.1. The van der Waals surface area contributed by atoms with Crippen LogP contribution in [0.3, 0.4) is 0 Å². The van der Waals surface area contributed by atoms with Crippen molar-refractivity contribution in [2.75, 3.05) is 30.5 Å². The van der Waals surface area contributed by atoms with E-state index in [0.717, 1.165) is 67.3 Å². The quantitative estimate of drug-likeness (QED) is 0.298. The molecule has 3 heterocycles. The van der Waals surface area contributed by atoms with Gasteiger partial charge in [0.1, 0.15) is 5.71 Å². The van der Waals surface area contributed by atoms with Crippen LogP contribution in [0.25, 0.3) is 0 Å². The van der Waals surface area contributed by atoms with E-state index in [0.29, 0.717) is 23.5 Å². The van der Waals surface area contributed by atoms with Crippen LogP contribution in [0.5, 0.6) is 0 Å². The van der Waals surface area contributed by atoms with E-state index in [9.17, 15) is 8.78 Å². The molecule has 0 atom stereocenters. The molecule has 0 amide bonds. The van der Waals surface area contributed by atoms with Gasteiger partial charge in [-0.15, -0.1) is 0 Å². The largest absolute Gasteiger partial charge is 0.372 e. The molecular formula is C29H34ClF2N5S. The van der Waals surface area contributed by atoms with Gasteiger partial charge in [-0.25, -0.2) is 8.78 Å². The van der Waals surface area contributed by atoms with Crippen LogP contribution in [-0.4, -0.2) is 65.1 Å². The molecule has 0 spiro atoms. The number of hydrogen-bond acceptors (Lipinski definition) is 6. The molecule has 0 N–H and O–H groups in total. The molecule has 2 fully saturated rings. The van der Waals surface area contributed by atoms with Crippen molar-refractivity contribution in [1.82, 2.24) is 9.80 Å². The van der Waals surface area contributed by atoms with Crippen LogP contribution in [0.1, 0.15) is 43.7 Å². The second-order valence-corrected chi connectivity index (χ2v) is 11.9. The number of likely N-dealkylation sites (tertiary alicyclic amines) is 2. The Hall–Kier alpha value is -2.42. The molecule has 3 aliphatic rings. The van der Waals surface area contributed by atoms with E-state index in [4.69, 9.17) is 11.6 Å². The molecule has 5 rings (SSSR count). The van der Waals surface area contributed by atoms with Crippen molar-refractivity contribution in [2.45, 2.75) is 56.9 Å². The lowest BCUT2D eigenvalue weighted by atomic mass is 10.0. The van der Waals surface area contributed by atoms with Crippen LogP contribution in [0, 0.1) is 0 Å². The molecule has 0 aromatic heterocycles. The van der Waals surface area contributed by atoms with Gasteiger partial charge in [-0.2, -0.15) is 10.2 Å². The Morgan fingerprint density at radius 2 is 1.87 bits per heavy atom. The first-order chi connectivity index (χ1) is 18.4. The summed E-state index contributed by atoms with van der Waals surface area (Å²) in [6, 6.07) is 16.6. The van der Waals surface area contributed by atoms with Gasteiger partial charge >= 0.3 is 0 Å². The third-order valence-electron chi connectivity index (χ3n) is 7.60. The van der Waals surface area contributed by atoms with Crippen LogP contribution in [0.2, 0.25) is 5.02 Å². The zero-order valence-corrected chi connectivity index (χ0v) is 23.3. The number of benzene rings is 2. The summed E-state index contributed by atoms with van der Waals surface area (Å²) in [5.41, 5.74) is 4.72. The number of halogens is 3. The van der Waals surface area contributed by atoms with E-state index in [1.165, 1.54) is 5.70 Å². The predicted molar refractivity (Wildman–Crippen MR) is 156 cm³/mol. The molecule has 3 aliphatic heterocycles. The van der Waals surface area contributed by atoms with E-state index in [2.05, 4.69) is 43.9 Å². The van der Waals surface area contributed by atoms with Gasteiger partial charge in [0.25, 0.3) is 6.43 Å². The highest BCUT2D eigenvalue weighted by Gasteiger charge is 2.34. The Morgan fingerprint density at radius 1 is 1.13 bits per heavy atom. The van der Waals surface area contributed by atoms with E-state index in [-0.39, 0.29) is 12.1 Å². The lowest BCUT2D eigenvalue weighted by Crippen LogP contribution is -2.60. The SMILES string of the molecule is C=C(CC)N1CC(N2CCC(SN(Cc3ccc(C4=NN=C(C(F)F)C4)cc3)c3cccc(Cl)c3)CC2)C1. The number of anilines is 1. The minimum absolute atomic E-state index is 0.104. The highest BCUT2D eigenvalue weighted by molar-refractivity contribution is 8.01. The first-order valence-electron chi connectivity index (χ1n) is 13.3. The van der Waals surface area contributed by atoms with Crippen LogP contribution in [0.4, 0.5) is 14.5 Å². The number of alkyl halides is 2. The summed E-state index contributed by atoms with van der Waals surface area (Å²) in [5.74, 6) is 0. The Labute approximate surface area is 233 Å². The number of allylic oxidation sites excluding steroid dienone is 1. The van der Waals surface area contributed by atoms with Gasteiger partial charge < -0.3 is 9.21 Å². The molecule has 9 heteroatoms. The maximum absolute atomic E-state index is 12.9. The number of rotatable bonds is 10. The molecular weight excluding hydrogens is 524 g/mol. The van der Waals surface area contributed by atoms with Gasteiger partial charge in [-0.05, 0) is 73.6 Å². The summed E-state index contributed by atoms with van der Waals surface area (Å²) in [6.07, 6.45) is 0.870. The van der Waals surface area contributed by atoms with Gasteiger partial charge in [0.2, 0.25) is 0 Å². The van der Waals surface area contributed by atoms with Crippen molar-refractivity contribution in [3.8, 4) is 0 Å². The zero-order chi connectivity index (χ0) is 26.6. The van der Waals surface area contributed by atoms with E-state index < -0.39 is 6.43 Å². The van der Waals surface area contributed by atoms with Crippen LogP contribution in [0.15, 0.2) is 71.0 Å². The lowest BCUT2D eigenvalue weighted by molar-refractivity contribution is 0.0445. The highest BCUT2D eigenvalue weighted by Crippen LogP contribution is 2.35. The lowest BCUT2D eigenvalue weighted by Gasteiger charge is -2.49. The Balaban J connectivity index is 1.20. The van der Waals surface area contributed by atoms with E-state index in [1.54, 1.807) is 0 Å². The van der Waals surface area contributed by atoms with Crippen molar-refractivity contribution in [1.29, 1.82) is 0 Å². The molecule has 2 saturated heterocycles. The summed E-state index contributed by atoms with van der Waals surface area (Å²) < 4.78 is 28.2. The first-order valence-corrected chi connectivity index (χ1v) is 14.5. The van der Waals surface area contributed by atoms with Gasteiger partial charge in [0.15, 0.2) is 0 Å². The number of piperidine rings is 1. The van der Waals surface area contributed by atoms with Crippen LogP contribution < -0.4 is 4.31 Å². The summed E-state index contributed by atoms with van der Waals surface area (Å²) in [5, 5.41) is 8.85. The van der Waals surface area contributed by atoms with Gasteiger partial charge in [0, 0.05) is 47.2 Å². The fourth-order valence-corrected chi connectivity index (χ4v) is 6.56. The zero-order valence-electron chi connectivity index (χ0n) is 21.7. The van der Waals surface area contributed by atoms with Crippen molar-refractivity contribution < 1.29 is 8.78 Å². The molecule has 5 nitrogen and oxygen atoms in total. The fraction of sp³-hybridized carbons (Fsp3) is 0.448. The molecule has 2 aromatic rings. The van der Waals surface area contributed by atoms with Crippen LogP contribution in [-0.2, 0) is 6.54 Å². The maximum atomic E-state index is 12.9. The smallest absolute Gasteiger partial charge is 0.278 e. The van der Waals surface area contributed by atoms with E-state index in [1.807, 2.05) is 54.4 Å². The van der Waals surface area contributed by atoms with E-state index >= 15 is 0 Å². The normalized spacial score (nSPS) is 18.9. The number of hydrogen-bond donors (Lipinski definition) is 0. The molecule has 0 bridgehead atoms.